The lowest BCUT2D eigenvalue weighted by atomic mass is 10.1. The van der Waals surface area contributed by atoms with Gasteiger partial charge in [0, 0.05) is 31.7 Å². The number of carbonyl (C=O) groups excluding carboxylic acids is 1. The summed E-state index contributed by atoms with van der Waals surface area (Å²) in [6.07, 6.45) is 0.873. The molecular weight excluding hydrogens is 270 g/mol. The van der Waals surface area contributed by atoms with Crippen molar-refractivity contribution in [3.63, 3.8) is 0 Å². The molecule has 6 heteroatoms. The maximum Gasteiger partial charge on any atom is 0.321 e. The highest BCUT2D eigenvalue weighted by Gasteiger charge is 2.27. The zero-order chi connectivity index (χ0) is 15.2. The van der Waals surface area contributed by atoms with E-state index in [2.05, 4.69) is 10.6 Å². The van der Waals surface area contributed by atoms with Crippen LogP contribution in [0.2, 0.25) is 0 Å². The summed E-state index contributed by atoms with van der Waals surface area (Å²) in [4.78, 5) is 24.6. The molecule has 1 unspecified atom stereocenters. The number of carbonyl (C=O) groups is 2. The fraction of sp³-hybridized carbons (Fsp3) is 0.467. The molecule has 1 aliphatic heterocycles. The van der Waals surface area contributed by atoms with Gasteiger partial charge in [-0.2, -0.15) is 0 Å². The highest BCUT2D eigenvalue weighted by Crippen LogP contribution is 2.21. The fourth-order valence-corrected chi connectivity index (χ4v) is 2.61. The van der Waals surface area contributed by atoms with Crippen LogP contribution in [0.1, 0.15) is 18.4 Å². The number of amides is 2. The van der Waals surface area contributed by atoms with Crippen LogP contribution in [-0.2, 0) is 11.3 Å². The molecular formula is C15H21N3O3. The van der Waals surface area contributed by atoms with Crippen molar-refractivity contribution in [3.05, 3.63) is 29.8 Å². The maximum atomic E-state index is 12.2. The predicted octanol–water partition coefficient (Wildman–Crippen LogP) is 1.73. The highest BCUT2D eigenvalue weighted by molar-refractivity contribution is 5.90. The summed E-state index contributed by atoms with van der Waals surface area (Å²) in [5, 5.41) is 14.8. The van der Waals surface area contributed by atoms with E-state index in [4.69, 9.17) is 5.11 Å². The molecule has 6 nitrogen and oxygen atoms in total. The van der Waals surface area contributed by atoms with Gasteiger partial charge in [-0.25, -0.2) is 4.79 Å². The molecule has 0 aliphatic carbocycles. The minimum absolute atomic E-state index is 0.0563. The smallest absolute Gasteiger partial charge is 0.321 e. The number of nitrogens with zero attached hydrogens (tertiary/aromatic N) is 1. The van der Waals surface area contributed by atoms with Gasteiger partial charge in [0.25, 0.3) is 0 Å². The Morgan fingerprint density at radius 1 is 1.38 bits per heavy atom. The topological polar surface area (TPSA) is 81.7 Å². The van der Waals surface area contributed by atoms with E-state index >= 15 is 0 Å². The number of rotatable bonds is 5. The minimum atomic E-state index is -0.804. The Labute approximate surface area is 124 Å². The van der Waals surface area contributed by atoms with Crippen molar-refractivity contribution in [2.75, 3.05) is 25.5 Å². The summed E-state index contributed by atoms with van der Waals surface area (Å²) >= 11 is 0. The summed E-state index contributed by atoms with van der Waals surface area (Å²) in [6.45, 7) is 1.79. The number of benzene rings is 1. The van der Waals surface area contributed by atoms with Gasteiger partial charge in [0.2, 0.25) is 0 Å². The van der Waals surface area contributed by atoms with Crippen LogP contribution in [0.25, 0.3) is 0 Å². The molecule has 0 spiro atoms. The minimum Gasteiger partial charge on any atom is -0.481 e. The first-order valence-electron chi connectivity index (χ1n) is 7.10. The Balaban J connectivity index is 1.95. The number of hydrogen-bond donors (Lipinski definition) is 3. The Morgan fingerprint density at radius 3 is 2.86 bits per heavy atom. The molecule has 1 fully saturated rings. The van der Waals surface area contributed by atoms with Crippen LogP contribution in [-0.4, -0.2) is 42.1 Å². The van der Waals surface area contributed by atoms with Crippen LogP contribution in [0, 0.1) is 5.92 Å². The quantitative estimate of drug-likeness (QED) is 0.771. The largest absolute Gasteiger partial charge is 0.481 e. The summed E-state index contributed by atoms with van der Waals surface area (Å²) in [6, 6.07) is 7.48. The molecule has 0 aromatic heterocycles. The van der Waals surface area contributed by atoms with Crippen LogP contribution in [0.15, 0.2) is 24.3 Å². The average Bonchev–Trinajstić information content (AvgIpc) is 2.89. The Bertz CT molecular complexity index is 519. The van der Waals surface area contributed by atoms with E-state index in [9.17, 15) is 9.59 Å². The first-order valence-corrected chi connectivity index (χ1v) is 7.10. The molecule has 1 aromatic carbocycles. The van der Waals surface area contributed by atoms with E-state index < -0.39 is 5.97 Å². The lowest BCUT2D eigenvalue weighted by Gasteiger charge is -2.18. The molecule has 1 atom stereocenters. The SMILES string of the molecule is CNCc1ccccc1NC(=O)N1CCC(CC(=O)O)C1. The van der Waals surface area contributed by atoms with E-state index in [0.29, 0.717) is 19.6 Å². The average molecular weight is 291 g/mol. The highest BCUT2D eigenvalue weighted by atomic mass is 16.4. The third kappa shape index (κ3) is 4.19. The van der Waals surface area contributed by atoms with Crippen LogP contribution in [0.3, 0.4) is 0 Å². The van der Waals surface area contributed by atoms with Gasteiger partial charge >= 0.3 is 12.0 Å². The molecule has 114 valence electrons. The van der Waals surface area contributed by atoms with Gasteiger partial charge in [0.05, 0.1) is 0 Å². The molecule has 0 radical (unpaired) electrons. The number of para-hydroxylation sites is 1. The number of likely N-dealkylation sites (tertiary alicyclic amines) is 1. The first kappa shape index (κ1) is 15.3. The van der Waals surface area contributed by atoms with Gasteiger partial charge in [-0.3, -0.25) is 4.79 Å². The van der Waals surface area contributed by atoms with Gasteiger partial charge < -0.3 is 20.6 Å². The predicted molar refractivity (Wildman–Crippen MR) is 80.2 cm³/mol. The third-order valence-electron chi connectivity index (χ3n) is 3.66. The van der Waals surface area contributed by atoms with E-state index in [1.54, 1.807) is 4.90 Å². The van der Waals surface area contributed by atoms with E-state index in [-0.39, 0.29) is 18.4 Å². The third-order valence-corrected chi connectivity index (χ3v) is 3.66. The number of urea groups is 1. The van der Waals surface area contributed by atoms with Crippen molar-refractivity contribution in [2.45, 2.75) is 19.4 Å². The molecule has 1 aromatic rings. The molecule has 21 heavy (non-hydrogen) atoms. The van der Waals surface area contributed by atoms with E-state index in [1.165, 1.54) is 0 Å². The summed E-state index contributed by atoms with van der Waals surface area (Å²) in [5.41, 5.74) is 1.81. The van der Waals surface area contributed by atoms with Gasteiger partial charge in [-0.15, -0.1) is 0 Å². The Kier molecular flexibility index (Phi) is 5.16. The van der Waals surface area contributed by atoms with Crippen LogP contribution in [0.4, 0.5) is 10.5 Å². The monoisotopic (exact) mass is 291 g/mol. The second kappa shape index (κ2) is 7.08. The fourth-order valence-electron chi connectivity index (χ4n) is 2.61. The molecule has 2 rings (SSSR count). The summed E-state index contributed by atoms with van der Waals surface area (Å²) in [7, 11) is 1.86. The van der Waals surface area contributed by atoms with Crippen LogP contribution < -0.4 is 10.6 Å². The number of aliphatic carboxylic acids is 1. The van der Waals surface area contributed by atoms with Crippen LogP contribution >= 0.6 is 0 Å². The standard InChI is InChI=1S/C15H21N3O3/c1-16-9-12-4-2-3-5-13(12)17-15(21)18-7-6-11(10-18)8-14(19)20/h2-5,11,16H,6-10H2,1H3,(H,17,21)(H,19,20). The summed E-state index contributed by atoms with van der Waals surface area (Å²) < 4.78 is 0. The lowest BCUT2D eigenvalue weighted by Crippen LogP contribution is -2.33. The molecule has 0 saturated carbocycles. The molecule has 2 amide bonds. The van der Waals surface area contributed by atoms with E-state index in [0.717, 1.165) is 17.7 Å². The van der Waals surface area contributed by atoms with E-state index in [1.807, 2.05) is 31.3 Å². The number of carboxylic acids is 1. The van der Waals surface area contributed by atoms with Gasteiger partial charge in [0.1, 0.15) is 0 Å². The summed E-state index contributed by atoms with van der Waals surface area (Å²) in [5.74, 6) is -0.748. The van der Waals surface area contributed by atoms with Crippen molar-refractivity contribution in [2.24, 2.45) is 5.92 Å². The lowest BCUT2D eigenvalue weighted by molar-refractivity contribution is -0.138. The van der Waals surface area contributed by atoms with Crippen molar-refractivity contribution in [1.29, 1.82) is 0 Å². The zero-order valence-electron chi connectivity index (χ0n) is 12.1. The van der Waals surface area contributed by atoms with Gasteiger partial charge in [0.15, 0.2) is 0 Å². The number of nitrogens with one attached hydrogen (secondary N) is 2. The zero-order valence-corrected chi connectivity index (χ0v) is 12.1. The number of hydrogen-bond acceptors (Lipinski definition) is 3. The molecule has 1 saturated heterocycles. The Hall–Kier alpha value is -2.08. The normalized spacial score (nSPS) is 17.8. The van der Waals surface area contributed by atoms with Crippen molar-refractivity contribution >= 4 is 17.7 Å². The van der Waals surface area contributed by atoms with Crippen molar-refractivity contribution in [1.82, 2.24) is 10.2 Å². The second-order valence-corrected chi connectivity index (χ2v) is 5.32. The van der Waals surface area contributed by atoms with Crippen molar-refractivity contribution < 1.29 is 14.7 Å². The molecule has 0 bridgehead atoms. The molecule has 1 heterocycles. The number of carboxylic acid groups (broad SMARTS) is 1. The number of anilines is 1. The molecule has 3 N–H and O–H groups in total. The van der Waals surface area contributed by atoms with Gasteiger partial charge in [-0.1, -0.05) is 18.2 Å². The van der Waals surface area contributed by atoms with Crippen LogP contribution in [0.5, 0.6) is 0 Å². The second-order valence-electron chi connectivity index (χ2n) is 5.32. The Morgan fingerprint density at radius 2 is 2.14 bits per heavy atom. The van der Waals surface area contributed by atoms with Crippen molar-refractivity contribution in [3.8, 4) is 0 Å². The maximum absolute atomic E-state index is 12.2. The first-order chi connectivity index (χ1) is 10.1. The molecule has 1 aliphatic rings. The van der Waals surface area contributed by atoms with Gasteiger partial charge in [-0.05, 0) is 31.0 Å².